The third-order valence-electron chi connectivity index (χ3n) is 4.79. The van der Waals surface area contributed by atoms with Crippen molar-refractivity contribution < 1.29 is 17.9 Å². The third-order valence-corrected chi connectivity index (χ3v) is 6.82. The third kappa shape index (κ3) is 4.17. The fourth-order valence-corrected chi connectivity index (χ4v) is 4.77. The summed E-state index contributed by atoms with van der Waals surface area (Å²) in [6.07, 6.45) is 0.835. The summed E-state index contributed by atoms with van der Waals surface area (Å²) >= 11 is 0. The number of morpholine rings is 1. The second kappa shape index (κ2) is 8.34. The molecule has 3 rings (SSSR count). The van der Waals surface area contributed by atoms with Crippen LogP contribution in [-0.4, -0.2) is 80.4 Å². The minimum absolute atomic E-state index is 0.186. The summed E-state index contributed by atoms with van der Waals surface area (Å²) in [6, 6.07) is 7.53. The number of hydrogen-bond donors (Lipinski definition) is 1. The Balaban J connectivity index is 1.57. The molecule has 2 aliphatic heterocycles. The van der Waals surface area contributed by atoms with E-state index in [2.05, 4.69) is 5.32 Å². The lowest BCUT2D eigenvalue weighted by Crippen LogP contribution is -2.56. The summed E-state index contributed by atoms with van der Waals surface area (Å²) < 4.78 is 33.5. The molecule has 2 amide bonds. The number of nitrogens with one attached hydrogen (secondary N) is 1. The maximum Gasteiger partial charge on any atom is 0.321 e. The number of carbonyl (C=O) groups excluding carboxylic acids is 1. The number of rotatable bonds is 4. The predicted octanol–water partition coefficient (Wildman–Crippen LogP) is 0.976. The maximum atomic E-state index is 12.7. The van der Waals surface area contributed by atoms with E-state index in [4.69, 9.17) is 4.74 Å². The number of carbonyl (C=O) groups is 1. The van der Waals surface area contributed by atoms with Crippen LogP contribution in [0.2, 0.25) is 0 Å². The molecule has 0 unspecified atom stereocenters. The highest BCUT2D eigenvalue weighted by atomic mass is 32.2. The molecule has 0 radical (unpaired) electrons. The van der Waals surface area contributed by atoms with E-state index >= 15 is 0 Å². The van der Waals surface area contributed by atoms with Crippen molar-refractivity contribution in [2.24, 2.45) is 0 Å². The summed E-state index contributed by atoms with van der Waals surface area (Å²) in [4.78, 5) is 14.2. The first-order chi connectivity index (χ1) is 12.5. The number of urea groups is 1. The number of hydrogen-bond acceptors (Lipinski definition) is 4. The summed E-state index contributed by atoms with van der Waals surface area (Å²) in [5, 5.41) is 2.94. The van der Waals surface area contributed by atoms with Crippen LogP contribution in [0.1, 0.15) is 12.5 Å². The summed E-state index contributed by atoms with van der Waals surface area (Å²) in [5.41, 5.74) is 1.89. The summed E-state index contributed by atoms with van der Waals surface area (Å²) in [7, 11) is -3.48. The highest BCUT2D eigenvalue weighted by Gasteiger charge is 2.34. The molecule has 9 heteroatoms. The molecule has 1 aromatic rings. The van der Waals surface area contributed by atoms with E-state index in [0.29, 0.717) is 52.5 Å². The molecule has 2 aliphatic rings. The lowest BCUT2D eigenvalue weighted by Gasteiger charge is -2.37. The van der Waals surface area contributed by atoms with Crippen molar-refractivity contribution in [1.29, 1.82) is 0 Å². The van der Waals surface area contributed by atoms with Crippen molar-refractivity contribution >= 4 is 21.9 Å². The number of ether oxygens (including phenoxy) is 1. The number of amides is 2. The fraction of sp³-hybridized carbons (Fsp3) is 0.588. The van der Waals surface area contributed by atoms with Crippen LogP contribution in [0.5, 0.6) is 0 Å². The molecule has 26 heavy (non-hydrogen) atoms. The topological polar surface area (TPSA) is 82.2 Å². The van der Waals surface area contributed by atoms with E-state index in [1.807, 2.05) is 31.2 Å². The van der Waals surface area contributed by atoms with Gasteiger partial charge < -0.3 is 15.0 Å². The van der Waals surface area contributed by atoms with E-state index in [0.717, 1.165) is 17.7 Å². The molecule has 0 atom stereocenters. The molecule has 0 saturated carbocycles. The van der Waals surface area contributed by atoms with Crippen molar-refractivity contribution in [2.75, 3.05) is 57.8 Å². The van der Waals surface area contributed by atoms with Gasteiger partial charge in [-0.1, -0.05) is 25.1 Å². The van der Waals surface area contributed by atoms with Gasteiger partial charge in [-0.25, -0.2) is 4.79 Å². The lowest BCUT2D eigenvalue weighted by molar-refractivity contribution is 0.0691. The Morgan fingerprint density at radius 3 is 2.31 bits per heavy atom. The largest absolute Gasteiger partial charge is 0.379 e. The Morgan fingerprint density at radius 1 is 1.04 bits per heavy atom. The second-order valence-corrected chi connectivity index (χ2v) is 8.27. The molecular weight excluding hydrogens is 356 g/mol. The Labute approximate surface area is 154 Å². The molecule has 0 bridgehead atoms. The van der Waals surface area contributed by atoms with E-state index in [-0.39, 0.29) is 6.03 Å². The molecular formula is C17H26N4O4S. The first kappa shape index (κ1) is 19.1. The maximum absolute atomic E-state index is 12.7. The molecule has 0 spiro atoms. The van der Waals surface area contributed by atoms with Gasteiger partial charge in [0, 0.05) is 45.0 Å². The highest BCUT2D eigenvalue weighted by molar-refractivity contribution is 7.86. The SMILES string of the molecule is CCc1ccccc1NC(=O)N1CCN(S(=O)(=O)N2CCOCC2)CC1. The van der Waals surface area contributed by atoms with Gasteiger partial charge in [0.05, 0.1) is 13.2 Å². The van der Waals surface area contributed by atoms with Gasteiger partial charge in [0.15, 0.2) is 0 Å². The first-order valence-corrected chi connectivity index (χ1v) is 10.4. The normalized spacial score (nSPS) is 20.1. The van der Waals surface area contributed by atoms with Crippen molar-refractivity contribution in [2.45, 2.75) is 13.3 Å². The number of piperazine rings is 1. The van der Waals surface area contributed by atoms with Gasteiger partial charge in [-0.2, -0.15) is 17.0 Å². The Bertz CT molecular complexity index is 726. The van der Waals surface area contributed by atoms with Gasteiger partial charge in [-0.3, -0.25) is 0 Å². The molecule has 2 fully saturated rings. The van der Waals surface area contributed by atoms with E-state index in [1.54, 1.807) is 4.90 Å². The van der Waals surface area contributed by atoms with Gasteiger partial charge in [0.1, 0.15) is 0 Å². The van der Waals surface area contributed by atoms with Gasteiger partial charge in [0.2, 0.25) is 0 Å². The van der Waals surface area contributed by atoms with Crippen LogP contribution in [0.15, 0.2) is 24.3 Å². The van der Waals surface area contributed by atoms with Crippen LogP contribution in [0.4, 0.5) is 10.5 Å². The first-order valence-electron chi connectivity index (χ1n) is 8.99. The van der Waals surface area contributed by atoms with E-state index < -0.39 is 10.2 Å². The zero-order chi connectivity index (χ0) is 18.6. The average molecular weight is 382 g/mol. The van der Waals surface area contributed by atoms with Crippen molar-refractivity contribution in [3.05, 3.63) is 29.8 Å². The smallest absolute Gasteiger partial charge is 0.321 e. The van der Waals surface area contributed by atoms with E-state index in [1.165, 1.54) is 8.61 Å². The Morgan fingerprint density at radius 2 is 1.65 bits per heavy atom. The van der Waals surface area contributed by atoms with Crippen molar-refractivity contribution in [1.82, 2.24) is 13.5 Å². The summed E-state index contributed by atoms with van der Waals surface area (Å²) in [6.45, 7) is 5.04. The number of benzene rings is 1. The van der Waals surface area contributed by atoms with Crippen LogP contribution < -0.4 is 5.32 Å². The Hall–Kier alpha value is -1.68. The van der Waals surface area contributed by atoms with Gasteiger partial charge in [-0.15, -0.1) is 0 Å². The van der Waals surface area contributed by atoms with Crippen molar-refractivity contribution in [3.8, 4) is 0 Å². The second-order valence-electron chi connectivity index (χ2n) is 6.35. The molecule has 2 saturated heterocycles. The average Bonchev–Trinajstić information content (AvgIpc) is 2.69. The van der Waals surface area contributed by atoms with Gasteiger partial charge in [-0.05, 0) is 18.1 Å². The predicted molar refractivity (Wildman–Crippen MR) is 99.3 cm³/mol. The highest BCUT2D eigenvalue weighted by Crippen LogP contribution is 2.18. The van der Waals surface area contributed by atoms with Crippen molar-refractivity contribution in [3.63, 3.8) is 0 Å². The zero-order valence-corrected chi connectivity index (χ0v) is 15.9. The van der Waals surface area contributed by atoms with Crippen LogP contribution in [0.3, 0.4) is 0 Å². The van der Waals surface area contributed by atoms with E-state index in [9.17, 15) is 13.2 Å². The molecule has 144 valence electrons. The minimum atomic E-state index is -3.48. The lowest BCUT2D eigenvalue weighted by atomic mass is 10.1. The van der Waals surface area contributed by atoms with Crippen LogP contribution in [-0.2, 0) is 21.4 Å². The molecule has 0 aliphatic carbocycles. The quantitative estimate of drug-likeness (QED) is 0.841. The van der Waals surface area contributed by atoms with Crippen LogP contribution in [0.25, 0.3) is 0 Å². The molecule has 8 nitrogen and oxygen atoms in total. The molecule has 2 heterocycles. The zero-order valence-electron chi connectivity index (χ0n) is 15.1. The van der Waals surface area contributed by atoms with Gasteiger partial charge in [0.25, 0.3) is 10.2 Å². The summed E-state index contributed by atoms with van der Waals surface area (Å²) in [5.74, 6) is 0. The minimum Gasteiger partial charge on any atom is -0.379 e. The fourth-order valence-electron chi connectivity index (χ4n) is 3.21. The molecule has 1 aromatic carbocycles. The monoisotopic (exact) mass is 382 g/mol. The van der Waals surface area contributed by atoms with Crippen LogP contribution in [0, 0.1) is 0 Å². The molecule has 0 aromatic heterocycles. The van der Waals surface area contributed by atoms with Gasteiger partial charge >= 0.3 is 6.03 Å². The Kier molecular flexibility index (Phi) is 6.13. The number of anilines is 1. The number of nitrogens with zero attached hydrogens (tertiary/aromatic N) is 3. The molecule has 1 N–H and O–H groups in total. The number of para-hydroxylation sites is 1. The van der Waals surface area contributed by atoms with Crippen LogP contribution >= 0.6 is 0 Å². The number of aryl methyl sites for hydroxylation is 1. The standard InChI is InChI=1S/C17H26N4O4S/c1-2-15-5-3-4-6-16(15)18-17(22)19-7-9-20(10-8-19)26(23,24)21-11-13-25-14-12-21/h3-6H,2,7-14H2,1H3,(H,18,22).